The molecule has 0 radical (unpaired) electrons. The van der Waals surface area contributed by atoms with Gasteiger partial charge in [0, 0.05) is 5.69 Å². The lowest BCUT2D eigenvalue weighted by molar-refractivity contribution is -0.162. The van der Waals surface area contributed by atoms with E-state index in [2.05, 4.69) is 5.32 Å². The van der Waals surface area contributed by atoms with Gasteiger partial charge in [0.15, 0.2) is 6.61 Å². The van der Waals surface area contributed by atoms with Gasteiger partial charge in [0.05, 0.1) is 11.8 Å². The van der Waals surface area contributed by atoms with Crippen molar-refractivity contribution in [2.45, 2.75) is 33.2 Å². The average Bonchev–Trinajstić information content (AvgIpc) is 3.38. The third-order valence-corrected chi connectivity index (χ3v) is 6.34. The Hall–Kier alpha value is -2.96. The van der Waals surface area contributed by atoms with Crippen LogP contribution in [0.4, 0.5) is 5.69 Å². The maximum atomic E-state index is 13.0. The van der Waals surface area contributed by atoms with Crippen molar-refractivity contribution in [3.05, 3.63) is 42.0 Å². The predicted octanol–water partition coefficient (Wildman–Crippen LogP) is 2.31. The summed E-state index contributed by atoms with van der Waals surface area (Å²) < 4.78 is 5.21. The number of aryl methyl sites for hydroxylation is 1. The highest BCUT2D eigenvalue weighted by Crippen LogP contribution is 2.53. The summed E-state index contributed by atoms with van der Waals surface area (Å²) >= 11 is 0. The molecule has 1 saturated heterocycles. The van der Waals surface area contributed by atoms with Crippen molar-refractivity contribution in [1.82, 2.24) is 4.90 Å². The number of carbonyl (C=O) groups is 4. The Labute approximate surface area is 175 Å². The number of fused-ring (bicyclic) bond motifs is 5. The Balaban J connectivity index is 1.41. The minimum Gasteiger partial charge on any atom is -0.454 e. The summed E-state index contributed by atoms with van der Waals surface area (Å²) in [5.41, 5.74) is 1.66. The molecular weight excluding hydrogens is 384 g/mol. The van der Waals surface area contributed by atoms with Crippen molar-refractivity contribution < 1.29 is 23.9 Å². The van der Waals surface area contributed by atoms with Crippen LogP contribution in [0.25, 0.3) is 0 Å². The zero-order valence-corrected chi connectivity index (χ0v) is 17.3. The van der Waals surface area contributed by atoms with E-state index in [4.69, 9.17) is 4.74 Å². The Morgan fingerprint density at radius 1 is 1.07 bits per heavy atom. The monoisotopic (exact) mass is 410 g/mol. The van der Waals surface area contributed by atoms with E-state index in [9.17, 15) is 19.2 Å². The van der Waals surface area contributed by atoms with E-state index in [-0.39, 0.29) is 41.4 Å². The molecule has 1 aromatic rings. The number of benzene rings is 1. The van der Waals surface area contributed by atoms with Crippen molar-refractivity contribution >= 4 is 29.4 Å². The van der Waals surface area contributed by atoms with Crippen molar-refractivity contribution in [3.63, 3.8) is 0 Å². The molecule has 1 aliphatic heterocycles. The van der Waals surface area contributed by atoms with Crippen LogP contribution in [0.15, 0.2) is 36.4 Å². The van der Waals surface area contributed by atoms with E-state index < -0.39 is 24.5 Å². The van der Waals surface area contributed by atoms with Gasteiger partial charge >= 0.3 is 5.97 Å². The Morgan fingerprint density at radius 2 is 1.63 bits per heavy atom. The SMILES string of the molecule is Cc1ccc(NC(=O)COC(=O)[C@@H](C(C)C)N2C(=O)[C@@H]3[C@H](C2=O)[C@H]2C=C[C@H]3C2)cc1. The molecule has 2 bridgehead atoms. The van der Waals surface area contributed by atoms with Gasteiger partial charge in [0.25, 0.3) is 5.91 Å². The number of amides is 3. The molecule has 30 heavy (non-hydrogen) atoms. The molecule has 7 nitrogen and oxygen atoms in total. The van der Waals surface area contributed by atoms with Gasteiger partial charge < -0.3 is 10.1 Å². The highest BCUT2D eigenvalue weighted by atomic mass is 16.5. The normalized spacial score (nSPS) is 27.5. The van der Waals surface area contributed by atoms with Crippen LogP contribution >= 0.6 is 0 Å². The van der Waals surface area contributed by atoms with E-state index in [1.807, 2.05) is 31.2 Å². The van der Waals surface area contributed by atoms with E-state index >= 15 is 0 Å². The number of allylic oxidation sites excluding steroid dienone is 2. The number of likely N-dealkylation sites (tertiary alicyclic amines) is 1. The number of ether oxygens (including phenoxy) is 1. The number of carbonyl (C=O) groups excluding carboxylic acids is 4. The first-order valence-corrected chi connectivity index (χ1v) is 10.4. The van der Waals surface area contributed by atoms with Crippen molar-refractivity contribution in [3.8, 4) is 0 Å². The molecule has 0 spiro atoms. The van der Waals surface area contributed by atoms with Crippen LogP contribution in [0.2, 0.25) is 0 Å². The van der Waals surface area contributed by atoms with E-state index in [1.165, 1.54) is 0 Å². The van der Waals surface area contributed by atoms with Gasteiger partial charge in [-0.05, 0) is 43.2 Å². The van der Waals surface area contributed by atoms with Crippen molar-refractivity contribution in [1.29, 1.82) is 0 Å². The number of hydrogen-bond acceptors (Lipinski definition) is 5. The highest BCUT2D eigenvalue weighted by molar-refractivity contribution is 6.09. The summed E-state index contributed by atoms with van der Waals surface area (Å²) in [6.07, 6.45) is 4.86. The quantitative estimate of drug-likeness (QED) is 0.441. The standard InChI is InChI=1S/C23H26N2O5/c1-12(2)20(23(29)30-11-17(26)24-16-8-4-13(3)5-9-16)25-21(27)18-14-6-7-15(10-14)19(18)22(25)28/h4-9,12,14-15,18-20H,10-11H2,1-3H3,(H,24,26)/t14-,15-,18-,19+,20+/m0/s1. The zero-order valence-electron chi connectivity index (χ0n) is 17.3. The van der Waals surface area contributed by atoms with Gasteiger partial charge in [0.2, 0.25) is 11.8 Å². The van der Waals surface area contributed by atoms with Gasteiger partial charge in [-0.2, -0.15) is 0 Å². The molecule has 3 aliphatic rings. The first-order chi connectivity index (χ1) is 14.3. The molecule has 3 amide bonds. The largest absolute Gasteiger partial charge is 0.454 e. The number of esters is 1. The fraction of sp³-hybridized carbons (Fsp3) is 0.478. The van der Waals surface area contributed by atoms with Crippen LogP contribution in [0.5, 0.6) is 0 Å². The second-order valence-electron chi connectivity index (χ2n) is 8.76. The summed E-state index contributed by atoms with van der Waals surface area (Å²) in [5, 5.41) is 2.66. The van der Waals surface area contributed by atoms with Crippen molar-refractivity contribution in [2.75, 3.05) is 11.9 Å². The Morgan fingerprint density at radius 3 is 2.17 bits per heavy atom. The maximum absolute atomic E-state index is 13.0. The van der Waals surface area contributed by atoms with Gasteiger partial charge in [0.1, 0.15) is 6.04 Å². The molecule has 4 rings (SSSR count). The number of imide groups is 1. The first-order valence-electron chi connectivity index (χ1n) is 10.4. The minimum absolute atomic E-state index is 0.0746. The number of nitrogens with one attached hydrogen (secondary N) is 1. The van der Waals surface area contributed by atoms with Gasteiger partial charge in [-0.1, -0.05) is 43.7 Å². The molecule has 1 N–H and O–H groups in total. The summed E-state index contributed by atoms with van der Waals surface area (Å²) in [7, 11) is 0. The van der Waals surface area contributed by atoms with Crippen LogP contribution in [0, 0.1) is 36.5 Å². The van der Waals surface area contributed by atoms with Gasteiger partial charge in [-0.3, -0.25) is 19.3 Å². The van der Waals surface area contributed by atoms with Gasteiger partial charge in [-0.15, -0.1) is 0 Å². The lowest BCUT2D eigenvalue weighted by Crippen LogP contribution is -2.50. The molecule has 0 unspecified atom stereocenters. The Kier molecular flexibility index (Phi) is 5.22. The number of hydrogen-bond donors (Lipinski definition) is 1. The molecule has 1 heterocycles. The maximum Gasteiger partial charge on any atom is 0.330 e. The second-order valence-corrected chi connectivity index (χ2v) is 8.76. The van der Waals surface area contributed by atoms with Crippen LogP contribution in [-0.2, 0) is 23.9 Å². The molecule has 5 atom stereocenters. The second kappa shape index (κ2) is 7.70. The lowest BCUT2D eigenvalue weighted by atomic mass is 9.85. The van der Waals surface area contributed by atoms with E-state index in [0.717, 1.165) is 16.9 Å². The molecule has 1 saturated carbocycles. The summed E-state index contributed by atoms with van der Waals surface area (Å²) in [4.78, 5) is 52.1. The third-order valence-electron chi connectivity index (χ3n) is 6.34. The van der Waals surface area contributed by atoms with Crippen LogP contribution < -0.4 is 5.32 Å². The smallest absolute Gasteiger partial charge is 0.330 e. The molecule has 0 aromatic heterocycles. The molecule has 1 aromatic carbocycles. The first kappa shape index (κ1) is 20.3. The summed E-state index contributed by atoms with van der Waals surface area (Å²) in [6.45, 7) is 4.99. The zero-order chi connectivity index (χ0) is 21.6. The molecule has 2 fully saturated rings. The lowest BCUT2D eigenvalue weighted by Gasteiger charge is -2.28. The topological polar surface area (TPSA) is 92.8 Å². The highest BCUT2D eigenvalue weighted by Gasteiger charge is 2.61. The van der Waals surface area contributed by atoms with Gasteiger partial charge in [-0.25, -0.2) is 4.79 Å². The molecule has 158 valence electrons. The number of rotatable bonds is 6. The molecule has 2 aliphatic carbocycles. The van der Waals surface area contributed by atoms with E-state index in [0.29, 0.717) is 5.69 Å². The number of nitrogens with zero attached hydrogens (tertiary/aromatic N) is 1. The summed E-state index contributed by atoms with van der Waals surface area (Å²) in [5.74, 6) is -2.70. The predicted molar refractivity (Wildman–Crippen MR) is 109 cm³/mol. The minimum atomic E-state index is -1.03. The van der Waals surface area contributed by atoms with E-state index in [1.54, 1.807) is 26.0 Å². The van der Waals surface area contributed by atoms with Crippen molar-refractivity contribution in [2.24, 2.45) is 29.6 Å². The average molecular weight is 410 g/mol. The Bertz CT molecular complexity index is 890. The fourth-order valence-corrected chi connectivity index (χ4v) is 4.93. The fourth-order valence-electron chi connectivity index (χ4n) is 4.93. The molecular formula is C23H26N2O5. The molecule has 7 heteroatoms. The van der Waals surface area contributed by atoms with Crippen LogP contribution in [-0.4, -0.2) is 41.2 Å². The summed E-state index contributed by atoms with van der Waals surface area (Å²) in [6, 6.07) is 6.21. The third kappa shape index (κ3) is 3.42. The van der Waals surface area contributed by atoms with Crippen LogP contribution in [0.3, 0.4) is 0 Å². The number of anilines is 1. The van der Waals surface area contributed by atoms with Crippen LogP contribution in [0.1, 0.15) is 25.8 Å².